The highest BCUT2D eigenvalue weighted by Crippen LogP contribution is 2.09. The van der Waals surface area contributed by atoms with Gasteiger partial charge < -0.3 is 0 Å². The van der Waals surface area contributed by atoms with Crippen molar-refractivity contribution in [2.45, 2.75) is 39.6 Å². The fourth-order valence-corrected chi connectivity index (χ4v) is 4.35. The first-order valence-electron chi connectivity index (χ1n) is 12.1. The van der Waals surface area contributed by atoms with Crippen LogP contribution in [0.1, 0.15) is 33.4 Å². The van der Waals surface area contributed by atoms with Crippen LogP contribution in [0.2, 0.25) is 0 Å². The van der Waals surface area contributed by atoms with Crippen molar-refractivity contribution < 1.29 is 9.59 Å². The van der Waals surface area contributed by atoms with Crippen molar-refractivity contribution in [2.24, 2.45) is 9.98 Å². The summed E-state index contributed by atoms with van der Waals surface area (Å²) in [5, 5.41) is 0. The van der Waals surface area contributed by atoms with Gasteiger partial charge in [0.2, 0.25) is 12.2 Å². The molecule has 10 nitrogen and oxygen atoms in total. The Bertz CT molecular complexity index is 1680. The molecule has 4 rings (SSSR count). The van der Waals surface area contributed by atoms with Crippen molar-refractivity contribution in [3.63, 3.8) is 0 Å². The third-order valence-electron chi connectivity index (χ3n) is 6.13. The first-order chi connectivity index (χ1) is 18.9. The number of hydrogen-bond donors (Lipinski definition) is 0. The highest BCUT2D eigenvalue weighted by Gasteiger charge is 2.17. The average molecular weight is 524 g/mol. The van der Waals surface area contributed by atoms with Crippen LogP contribution in [-0.4, -0.2) is 25.9 Å². The molecule has 0 aliphatic rings. The van der Waals surface area contributed by atoms with E-state index in [0.29, 0.717) is 22.3 Å². The van der Waals surface area contributed by atoms with E-state index in [1.54, 1.807) is 48.5 Å². The van der Waals surface area contributed by atoms with Crippen molar-refractivity contribution in [1.82, 2.24) is 13.7 Å². The lowest BCUT2D eigenvalue weighted by atomic mass is 10.1. The van der Waals surface area contributed by atoms with Gasteiger partial charge >= 0.3 is 17.1 Å². The molecule has 0 N–H and O–H groups in total. The van der Waals surface area contributed by atoms with Crippen molar-refractivity contribution >= 4 is 12.2 Å². The summed E-state index contributed by atoms with van der Waals surface area (Å²) in [6, 6.07) is 21.4. The summed E-state index contributed by atoms with van der Waals surface area (Å²) in [4.78, 5) is 68.8. The lowest BCUT2D eigenvalue weighted by Gasteiger charge is -2.15. The van der Waals surface area contributed by atoms with Crippen LogP contribution >= 0.6 is 0 Å². The number of aliphatic imine (C=N–C) groups is 2. The summed E-state index contributed by atoms with van der Waals surface area (Å²) in [6.45, 7) is 1.97. The summed E-state index contributed by atoms with van der Waals surface area (Å²) in [5.41, 5.74) is 2.20. The Morgan fingerprint density at radius 3 is 1.31 bits per heavy atom. The van der Waals surface area contributed by atoms with Crippen LogP contribution in [-0.2, 0) is 42.3 Å². The molecule has 0 fully saturated rings. The van der Waals surface area contributed by atoms with E-state index in [0.717, 1.165) is 24.8 Å². The second kappa shape index (κ2) is 12.4. The molecule has 10 heteroatoms. The number of benzene rings is 3. The molecule has 0 atom stereocenters. The van der Waals surface area contributed by atoms with Crippen molar-refractivity contribution in [2.75, 3.05) is 0 Å². The number of rotatable bonds is 10. The predicted octanol–water partition coefficient (Wildman–Crippen LogP) is 2.30. The van der Waals surface area contributed by atoms with E-state index in [-0.39, 0.29) is 32.7 Å². The average Bonchev–Trinajstić information content (AvgIpc) is 2.94. The van der Waals surface area contributed by atoms with Crippen LogP contribution in [0.5, 0.6) is 0 Å². The van der Waals surface area contributed by atoms with Crippen LogP contribution in [0.4, 0.5) is 0 Å². The van der Waals surface area contributed by atoms with E-state index < -0.39 is 17.1 Å². The molecule has 1 heterocycles. The number of aromatic nitrogens is 3. The first-order valence-corrected chi connectivity index (χ1v) is 12.1. The van der Waals surface area contributed by atoms with Gasteiger partial charge in [0.1, 0.15) is 0 Å². The Hall–Kier alpha value is -5.17. The van der Waals surface area contributed by atoms with Gasteiger partial charge in [-0.25, -0.2) is 47.7 Å². The molecular weight excluding hydrogens is 498 g/mol. The van der Waals surface area contributed by atoms with Gasteiger partial charge in [-0.05, 0) is 34.7 Å². The minimum absolute atomic E-state index is 0.0121. The molecule has 0 aliphatic heterocycles. The Morgan fingerprint density at radius 2 is 0.923 bits per heavy atom. The van der Waals surface area contributed by atoms with Gasteiger partial charge in [-0.1, -0.05) is 78.4 Å². The number of carbonyl (C=O) groups excluding carboxylic acids is 2. The van der Waals surface area contributed by atoms with Crippen LogP contribution in [0.3, 0.4) is 0 Å². The molecule has 0 amide bonds. The predicted molar refractivity (Wildman–Crippen MR) is 144 cm³/mol. The quantitative estimate of drug-likeness (QED) is 0.233. The molecule has 0 bridgehead atoms. The molecule has 1 aromatic heterocycles. The van der Waals surface area contributed by atoms with Crippen molar-refractivity contribution in [1.29, 1.82) is 0 Å². The van der Waals surface area contributed by atoms with Gasteiger partial charge in [0.15, 0.2) is 0 Å². The largest absolute Gasteiger partial charge is 0.336 e. The lowest BCUT2D eigenvalue weighted by molar-refractivity contribution is 0.491. The van der Waals surface area contributed by atoms with Crippen LogP contribution in [0, 0.1) is 6.92 Å². The summed E-state index contributed by atoms with van der Waals surface area (Å²) in [7, 11) is 0. The fraction of sp³-hybridized carbons (Fsp3) is 0.207. The van der Waals surface area contributed by atoms with E-state index in [1.807, 2.05) is 31.2 Å². The standard InChI is InChI=1S/C29H25N5O5/c1-21-5-2-8-24(11-21)16-32-27(37)33(17-25-9-3-6-22(12-25)14-30-19-35)29(39)34(28(32)38)18-26-10-4-7-23(13-26)15-31-20-36/h2-13H,14-18H2,1H3. The van der Waals surface area contributed by atoms with E-state index in [1.165, 1.54) is 12.2 Å². The monoisotopic (exact) mass is 523 g/mol. The number of aryl methyl sites for hydroxylation is 1. The highest BCUT2D eigenvalue weighted by molar-refractivity contribution is 5.35. The smallest absolute Gasteiger partial charge is 0.247 e. The van der Waals surface area contributed by atoms with E-state index >= 15 is 0 Å². The maximum atomic E-state index is 13.6. The summed E-state index contributed by atoms with van der Waals surface area (Å²) in [6.07, 6.45) is 2.99. The zero-order valence-corrected chi connectivity index (χ0v) is 21.2. The minimum Gasteiger partial charge on any atom is -0.247 e. The van der Waals surface area contributed by atoms with E-state index in [9.17, 15) is 24.0 Å². The first kappa shape index (κ1) is 26.9. The Labute approximate surface area is 222 Å². The van der Waals surface area contributed by atoms with Crippen molar-refractivity contribution in [3.8, 4) is 0 Å². The lowest BCUT2D eigenvalue weighted by Crippen LogP contribution is -2.54. The van der Waals surface area contributed by atoms with E-state index in [2.05, 4.69) is 9.98 Å². The Morgan fingerprint density at radius 1 is 0.564 bits per heavy atom. The SMILES string of the molecule is Cc1cccc(Cn2c(=O)n(Cc3cccc(CN=C=O)c3)c(=O)n(Cc3cccc(CN=C=O)c3)c2=O)c1. The molecule has 0 unspecified atom stereocenters. The molecule has 196 valence electrons. The molecule has 0 aliphatic carbocycles. The van der Waals surface area contributed by atoms with Gasteiger partial charge in [0.25, 0.3) is 0 Å². The fourth-order valence-electron chi connectivity index (χ4n) is 4.35. The van der Waals surface area contributed by atoms with Gasteiger partial charge in [-0.15, -0.1) is 0 Å². The molecular formula is C29H25N5O5. The maximum absolute atomic E-state index is 13.6. The van der Waals surface area contributed by atoms with E-state index in [4.69, 9.17) is 0 Å². The maximum Gasteiger partial charge on any atom is 0.336 e. The molecule has 0 spiro atoms. The summed E-state index contributed by atoms with van der Waals surface area (Å²) in [5.74, 6) is 0. The number of nitrogens with zero attached hydrogens (tertiary/aromatic N) is 5. The molecule has 0 saturated carbocycles. The summed E-state index contributed by atoms with van der Waals surface area (Å²) >= 11 is 0. The highest BCUT2D eigenvalue weighted by atomic mass is 16.2. The van der Waals surface area contributed by atoms with Gasteiger partial charge in [0.05, 0.1) is 32.7 Å². The molecule has 0 radical (unpaired) electrons. The molecule has 4 aromatic rings. The molecule has 0 saturated heterocycles. The van der Waals surface area contributed by atoms with Crippen LogP contribution < -0.4 is 17.1 Å². The summed E-state index contributed by atoms with van der Waals surface area (Å²) < 4.78 is 3.11. The number of isocyanates is 2. The second-order valence-electron chi connectivity index (χ2n) is 9.05. The third-order valence-corrected chi connectivity index (χ3v) is 6.13. The van der Waals surface area contributed by atoms with Gasteiger partial charge in [-0.2, -0.15) is 0 Å². The Balaban J connectivity index is 1.83. The topological polar surface area (TPSA) is 125 Å². The van der Waals surface area contributed by atoms with Gasteiger partial charge in [0, 0.05) is 0 Å². The number of hydrogen-bond acceptors (Lipinski definition) is 7. The normalized spacial score (nSPS) is 10.5. The van der Waals surface area contributed by atoms with Crippen LogP contribution in [0.15, 0.2) is 97.2 Å². The van der Waals surface area contributed by atoms with Crippen LogP contribution in [0.25, 0.3) is 0 Å². The third kappa shape index (κ3) is 6.59. The Kier molecular flexibility index (Phi) is 8.53. The molecule has 39 heavy (non-hydrogen) atoms. The zero-order chi connectivity index (χ0) is 27.8. The molecule has 3 aromatic carbocycles. The minimum atomic E-state index is -0.752. The zero-order valence-electron chi connectivity index (χ0n) is 21.2. The van der Waals surface area contributed by atoms with Gasteiger partial charge in [-0.3, -0.25) is 0 Å². The second-order valence-corrected chi connectivity index (χ2v) is 9.05. The van der Waals surface area contributed by atoms with Crippen molar-refractivity contribution in [3.05, 3.63) is 138 Å².